The molecular weight excluding hydrogens is 268 g/mol. The topological polar surface area (TPSA) is 55.8 Å². The standard InChI is InChI=1S/C17H26O4/c1-4-20-17(19)8-6-5-7-11-21-16-10-9-13(2)12-15(16)14(3)18/h9-10,12,14,18H,4-8,11H2,1-3H3/t14-/m1/s1. The summed E-state index contributed by atoms with van der Waals surface area (Å²) >= 11 is 0. The lowest BCUT2D eigenvalue weighted by atomic mass is 10.1. The Hall–Kier alpha value is -1.55. The Morgan fingerprint density at radius 3 is 2.71 bits per heavy atom. The first-order valence-electron chi connectivity index (χ1n) is 7.61. The highest BCUT2D eigenvalue weighted by atomic mass is 16.5. The molecule has 4 nitrogen and oxygen atoms in total. The lowest BCUT2D eigenvalue weighted by Gasteiger charge is -2.14. The second kappa shape index (κ2) is 9.40. The molecule has 0 aliphatic carbocycles. The lowest BCUT2D eigenvalue weighted by molar-refractivity contribution is -0.143. The van der Waals surface area contributed by atoms with Crippen molar-refractivity contribution in [3.8, 4) is 5.75 Å². The van der Waals surface area contributed by atoms with E-state index >= 15 is 0 Å². The molecule has 118 valence electrons. The molecule has 0 bridgehead atoms. The monoisotopic (exact) mass is 294 g/mol. The van der Waals surface area contributed by atoms with Crippen LogP contribution in [0.5, 0.6) is 5.75 Å². The Balaban J connectivity index is 2.28. The van der Waals surface area contributed by atoms with Crippen molar-refractivity contribution < 1.29 is 19.4 Å². The molecule has 1 aromatic carbocycles. The van der Waals surface area contributed by atoms with Crippen LogP contribution in [0.2, 0.25) is 0 Å². The maximum absolute atomic E-state index is 11.2. The SMILES string of the molecule is CCOC(=O)CCCCCOc1ccc(C)cc1[C@@H](C)O. The van der Waals surface area contributed by atoms with Gasteiger partial charge >= 0.3 is 5.97 Å². The zero-order chi connectivity index (χ0) is 15.7. The first-order chi connectivity index (χ1) is 10.0. The normalized spacial score (nSPS) is 12.0. The van der Waals surface area contributed by atoms with Crippen molar-refractivity contribution in [2.24, 2.45) is 0 Å². The minimum atomic E-state index is -0.538. The minimum Gasteiger partial charge on any atom is -0.493 e. The van der Waals surface area contributed by atoms with Gasteiger partial charge in [-0.25, -0.2) is 0 Å². The number of rotatable bonds is 9. The van der Waals surface area contributed by atoms with Crippen LogP contribution in [0.1, 0.15) is 56.8 Å². The molecule has 0 saturated carbocycles. The summed E-state index contributed by atoms with van der Waals surface area (Å²) in [5.41, 5.74) is 1.93. The molecule has 1 atom stereocenters. The van der Waals surface area contributed by atoms with Gasteiger partial charge < -0.3 is 14.6 Å². The van der Waals surface area contributed by atoms with E-state index in [2.05, 4.69) is 0 Å². The van der Waals surface area contributed by atoms with Gasteiger partial charge in [-0.15, -0.1) is 0 Å². The van der Waals surface area contributed by atoms with Crippen LogP contribution in [0.3, 0.4) is 0 Å². The van der Waals surface area contributed by atoms with E-state index in [0.717, 1.165) is 36.1 Å². The van der Waals surface area contributed by atoms with Crippen molar-refractivity contribution in [1.29, 1.82) is 0 Å². The van der Waals surface area contributed by atoms with Gasteiger partial charge in [0, 0.05) is 12.0 Å². The molecule has 1 N–H and O–H groups in total. The van der Waals surface area contributed by atoms with Gasteiger partial charge in [-0.2, -0.15) is 0 Å². The maximum Gasteiger partial charge on any atom is 0.305 e. The minimum absolute atomic E-state index is 0.131. The molecule has 0 aliphatic heterocycles. The van der Waals surface area contributed by atoms with Crippen LogP contribution in [-0.2, 0) is 9.53 Å². The number of esters is 1. The Morgan fingerprint density at radius 1 is 1.29 bits per heavy atom. The number of aliphatic hydroxyl groups excluding tert-OH is 1. The van der Waals surface area contributed by atoms with Crippen LogP contribution in [0.4, 0.5) is 0 Å². The fourth-order valence-corrected chi connectivity index (χ4v) is 2.09. The summed E-state index contributed by atoms with van der Waals surface area (Å²) in [5, 5.41) is 9.75. The highest BCUT2D eigenvalue weighted by Gasteiger charge is 2.09. The Bertz CT molecular complexity index is 440. The van der Waals surface area contributed by atoms with E-state index in [1.807, 2.05) is 32.0 Å². The Labute approximate surface area is 127 Å². The summed E-state index contributed by atoms with van der Waals surface area (Å²) < 4.78 is 10.6. The van der Waals surface area contributed by atoms with Gasteiger partial charge in [-0.05, 0) is 52.2 Å². The van der Waals surface area contributed by atoms with Gasteiger partial charge in [0.1, 0.15) is 5.75 Å². The third-order valence-electron chi connectivity index (χ3n) is 3.20. The molecule has 1 rings (SSSR count). The number of hydrogen-bond acceptors (Lipinski definition) is 4. The van der Waals surface area contributed by atoms with E-state index < -0.39 is 6.10 Å². The highest BCUT2D eigenvalue weighted by molar-refractivity contribution is 5.69. The van der Waals surface area contributed by atoms with Crippen LogP contribution >= 0.6 is 0 Å². The van der Waals surface area contributed by atoms with Gasteiger partial charge in [-0.1, -0.05) is 11.6 Å². The van der Waals surface area contributed by atoms with Crippen molar-refractivity contribution in [2.45, 2.75) is 52.6 Å². The predicted molar refractivity (Wildman–Crippen MR) is 82.4 cm³/mol. The number of carbonyl (C=O) groups excluding carboxylic acids is 1. The van der Waals surface area contributed by atoms with Gasteiger partial charge in [0.25, 0.3) is 0 Å². The van der Waals surface area contributed by atoms with Gasteiger partial charge in [0.05, 0.1) is 19.3 Å². The molecule has 4 heteroatoms. The number of unbranched alkanes of at least 4 members (excludes halogenated alkanes) is 2. The molecular formula is C17H26O4. The van der Waals surface area contributed by atoms with Gasteiger partial charge in [0.2, 0.25) is 0 Å². The zero-order valence-electron chi connectivity index (χ0n) is 13.2. The summed E-state index contributed by atoms with van der Waals surface area (Å²) in [6, 6.07) is 5.82. The van der Waals surface area contributed by atoms with Crippen LogP contribution in [0, 0.1) is 6.92 Å². The van der Waals surface area contributed by atoms with E-state index in [1.54, 1.807) is 6.92 Å². The first kappa shape index (κ1) is 17.5. The molecule has 0 saturated heterocycles. The molecule has 1 aromatic rings. The van der Waals surface area contributed by atoms with Crippen molar-refractivity contribution in [1.82, 2.24) is 0 Å². The van der Waals surface area contributed by atoms with Gasteiger partial charge in [-0.3, -0.25) is 4.79 Å². The van der Waals surface area contributed by atoms with Crippen LogP contribution in [0.25, 0.3) is 0 Å². The van der Waals surface area contributed by atoms with Crippen molar-refractivity contribution >= 4 is 5.97 Å². The average Bonchev–Trinajstić information content (AvgIpc) is 2.44. The van der Waals surface area contributed by atoms with E-state index in [0.29, 0.717) is 19.6 Å². The summed E-state index contributed by atoms with van der Waals surface area (Å²) in [4.78, 5) is 11.2. The average molecular weight is 294 g/mol. The molecule has 0 amide bonds. The van der Waals surface area contributed by atoms with E-state index in [9.17, 15) is 9.90 Å². The van der Waals surface area contributed by atoms with Crippen LogP contribution in [0.15, 0.2) is 18.2 Å². The fourth-order valence-electron chi connectivity index (χ4n) is 2.09. The number of carbonyl (C=O) groups is 1. The first-order valence-corrected chi connectivity index (χ1v) is 7.61. The number of aliphatic hydroxyl groups is 1. The molecule has 0 fully saturated rings. The van der Waals surface area contributed by atoms with Crippen molar-refractivity contribution in [3.05, 3.63) is 29.3 Å². The summed E-state index contributed by atoms with van der Waals surface area (Å²) in [6.07, 6.45) is 2.56. The fraction of sp³-hybridized carbons (Fsp3) is 0.588. The number of aryl methyl sites for hydroxylation is 1. The van der Waals surface area contributed by atoms with E-state index in [1.165, 1.54) is 0 Å². The van der Waals surface area contributed by atoms with Crippen molar-refractivity contribution in [2.75, 3.05) is 13.2 Å². The zero-order valence-corrected chi connectivity index (χ0v) is 13.2. The second-order valence-corrected chi connectivity index (χ2v) is 5.18. The number of benzene rings is 1. The molecule has 0 spiro atoms. The van der Waals surface area contributed by atoms with Crippen molar-refractivity contribution in [3.63, 3.8) is 0 Å². The number of ether oxygens (including phenoxy) is 2. The summed E-state index contributed by atoms with van der Waals surface area (Å²) in [7, 11) is 0. The summed E-state index contributed by atoms with van der Waals surface area (Å²) in [5.74, 6) is 0.606. The maximum atomic E-state index is 11.2. The molecule has 0 unspecified atom stereocenters. The Morgan fingerprint density at radius 2 is 2.05 bits per heavy atom. The molecule has 0 aromatic heterocycles. The molecule has 0 aliphatic rings. The molecule has 0 heterocycles. The quantitative estimate of drug-likeness (QED) is 0.559. The van der Waals surface area contributed by atoms with E-state index in [-0.39, 0.29) is 5.97 Å². The molecule has 0 radical (unpaired) electrons. The smallest absolute Gasteiger partial charge is 0.305 e. The highest BCUT2D eigenvalue weighted by Crippen LogP contribution is 2.26. The third kappa shape index (κ3) is 6.63. The largest absolute Gasteiger partial charge is 0.493 e. The second-order valence-electron chi connectivity index (χ2n) is 5.18. The van der Waals surface area contributed by atoms with Crippen LogP contribution in [-0.4, -0.2) is 24.3 Å². The van der Waals surface area contributed by atoms with Crippen LogP contribution < -0.4 is 4.74 Å². The summed E-state index contributed by atoms with van der Waals surface area (Å²) in [6.45, 7) is 6.57. The third-order valence-corrected chi connectivity index (χ3v) is 3.20. The Kier molecular flexibility index (Phi) is 7.83. The van der Waals surface area contributed by atoms with Gasteiger partial charge in [0.15, 0.2) is 0 Å². The predicted octanol–water partition coefficient (Wildman–Crippen LogP) is 3.55. The lowest BCUT2D eigenvalue weighted by Crippen LogP contribution is -2.05. The molecule has 21 heavy (non-hydrogen) atoms. The van der Waals surface area contributed by atoms with E-state index in [4.69, 9.17) is 9.47 Å². The number of hydrogen-bond donors (Lipinski definition) is 1.